The van der Waals surface area contributed by atoms with Gasteiger partial charge in [0.15, 0.2) is 11.5 Å². The Hall–Kier alpha value is -3.06. The van der Waals surface area contributed by atoms with Gasteiger partial charge >= 0.3 is 0 Å². The number of nitrogens with zero attached hydrogens (tertiary/aromatic N) is 3. The summed E-state index contributed by atoms with van der Waals surface area (Å²) >= 11 is 0. The van der Waals surface area contributed by atoms with Crippen LogP contribution in [-0.4, -0.2) is 49.7 Å². The van der Waals surface area contributed by atoms with Crippen LogP contribution >= 0.6 is 0 Å². The molecule has 0 atom stereocenters. The molecule has 2 aromatic carbocycles. The molecule has 3 aromatic rings. The van der Waals surface area contributed by atoms with Crippen LogP contribution in [0.1, 0.15) is 13.8 Å². The van der Waals surface area contributed by atoms with Crippen molar-refractivity contribution in [3.8, 4) is 34.3 Å². The van der Waals surface area contributed by atoms with Crippen molar-refractivity contribution in [2.24, 2.45) is 0 Å². The van der Waals surface area contributed by atoms with Gasteiger partial charge in [-0.15, -0.1) is 0 Å². The molecule has 0 aliphatic carbocycles. The Kier molecular flexibility index (Phi) is 5.95. The first-order valence-electron chi connectivity index (χ1n) is 9.95. The van der Waals surface area contributed by atoms with Gasteiger partial charge in [0.05, 0.1) is 26.4 Å². The van der Waals surface area contributed by atoms with Crippen LogP contribution in [0.4, 0.5) is 5.69 Å². The van der Waals surface area contributed by atoms with Crippen LogP contribution in [0.5, 0.6) is 11.5 Å². The number of morpholine rings is 1. The number of anilines is 1. The van der Waals surface area contributed by atoms with Crippen molar-refractivity contribution in [2.45, 2.75) is 13.8 Å². The fourth-order valence-corrected chi connectivity index (χ4v) is 3.29. The number of benzene rings is 2. The minimum atomic E-state index is 0.446. The fraction of sp³-hybridized carbons (Fsp3) is 0.364. The lowest BCUT2D eigenvalue weighted by atomic mass is 10.1. The quantitative estimate of drug-likeness (QED) is 0.598. The number of hydrogen-bond donors (Lipinski definition) is 0. The lowest BCUT2D eigenvalue weighted by molar-refractivity contribution is 0.122. The van der Waals surface area contributed by atoms with Gasteiger partial charge in [-0.05, 0) is 56.3 Å². The van der Waals surface area contributed by atoms with Gasteiger partial charge in [-0.3, -0.25) is 0 Å². The predicted octanol–water partition coefficient (Wildman–Crippen LogP) is 4.04. The summed E-state index contributed by atoms with van der Waals surface area (Å²) < 4.78 is 22.2. The van der Waals surface area contributed by atoms with E-state index in [1.165, 1.54) is 5.69 Å². The summed E-state index contributed by atoms with van der Waals surface area (Å²) in [5.41, 5.74) is 2.88. The van der Waals surface area contributed by atoms with Gasteiger partial charge in [0.25, 0.3) is 5.89 Å². The topological polar surface area (TPSA) is 69.9 Å². The standard InChI is InChI=1S/C22H25N3O4/c1-3-27-19-10-7-17(15-20(19)28-4-2)22-23-21(24-29-22)16-5-8-18(9-6-16)25-11-13-26-14-12-25/h5-10,15H,3-4,11-14H2,1-2H3. The first-order valence-corrected chi connectivity index (χ1v) is 9.95. The average Bonchev–Trinajstić information content (AvgIpc) is 3.26. The number of rotatable bonds is 7. The van der Waals surface area contributed by atoms with Crippen LogP contribution in [0, 0.1) is 0 Å². The molecular weight excluding hydrogens is 370 g/mol. The van der Waals surface area contributed by atoms with Gasteiger partial charge in [-0.25, -0.2) is 0 Å². The van der Waals surface area contributed by atoms with E-state index in [1.54, 1.807) is 0 Å². The van der Waals surface area contributed by atoms with Gasteiger partial charge in [-0.2, -0.15) is 4.98 Å². The third-order valence-corrected chi connectivity index (χ3v) is 4.72. The number of aromatic nitrogens is 2. The largest absolute Gasteiger partial charge is 0.490 e. The zero-order chi connectivity index (χ0) is 20.1. The predicted molar refractivity (Wildman–Crippen MR) is 111 cm³/mol. The van der Waals surface area contributed by atoms with Gasteiger partial charge in [-0.1, -0.05) is 5.16 Å². The monoisotopic (exact) mass is 395 g/mol. The molecule has 1 aliphatic rings. The minimum absolute atomic E-state index is 0.446. The molecule has 4 rings (SSSR count). The van der Waals surface area contributed by atoms with Crippen LogP contribution in [0.3, 0.4) is 0 Å². The SMILES string of the molecule is CCOc1ccc(-c2nc(-c3ccc(N4CCOCC4)cc3)no2)cc1OCC. The van der Waals surface area contributed by atoms with Crippen LogP contribution in [0.25, 0.3) is 22.8 Å². The lowest BCUT2D eigenvalue weighted by Crippen LogP contribution is -2.36. The van der Waals surface area contributed by atoms with Crippen molar-refractivity contribution in [1.82, 2.24) is 10.1 Å². The molecule has 0 spiro atoms. The van der Waals surface area contributed by atoms with Crippen LogP contribution < -0.4 is 14.4 Å². The maximum absolute atomic E-state index is 5.69. The molecular formula is C22H25N3O4. The van der Waals surface area contributed by atoms with E-state index in [2.05, 4.69) is 27.2 Å². The van der Waals surface area contributed by atoms with Crippen molar-refractivity contribution >= 4 is 5.69 Å². The molecule has 0 N–H and O–H groups in total. The highest BCUT2D eigenvalue weighted by Crippen LogP contribution is 2.33. The number of ether oxygens (including phenoxy) is 3. The summed E-state index contributed by atoms with van der Waals surface area (Å²) in [6.45, 7) is 8.35. The normalized spacial score (nSPS) is 14.1. The van der Waals surface area contributed by atoms with Crippen LogP contribution in [0.15, 0.2) is 47.0 Å². The van der Waals surface area contributed by atoms with E-state index in [0.717, 1.165) is 37.4 Å². The third-order valence-electron chi connectivity index (χ3n) is 4.72. The zero-order valence-corrected chi connectivity index (χ0v) is 16.8. The van der Waals surface area contributed by atoms with E-state index in [9.17, 15) is 0 Å². The first kappa shape index (κ1) is 19.3. The molecule has 1 aromatic heterocycles. The van der Waals surface area contributed by atoms with E-state index >= 15 is 0 Å². The average molecular weight is 395 g/mol. The second kappa shape index (κ2) is 8.96. The molecule has 29 heavy (non-hydrogen) atoms. The highest BCUT2D eigenvalue weighted by molar-refractivity contribution is 5.64. The number of hydrogen-bond acceptors (Lipinski definition) is 7. The highest BCUT2D eigenvalue weighted by Gasteiger charge is 2.15. The summed E-state index contributed by atoms with van der Waals surface area (Å²) in [5, 5.41) is 4.15. The molecule has 1 saturated heterocycles. The van der Waals surface area contributed by atoms with Crippen LogP contribution in [0.2, 0.25) is 0 Å². The van der Waals surface area contributed by atoms with E-state index < -0.39 is 0 Å². The van der Waals surface area contributed by atoms with Gasteiger partial charge in [0.2, 0.25) is 5.82 Å². The minimum Gasteiger partial charge on any atom is -0.490 e. The Balaban J connectivity index is 1.54. The summed E-state index contributed by atoms with van der Waals surface area (Å²) in [6.07, 6.45) is 0. The summed E-state index contributed by atoms with van der Waals surface area (Å²) in [6, 6.07) is 13.8. The fourth-order valence-electron chi connectivity index (χ4n) is 3.29. The van der Waals surface area contributed by atoms with Crippen molar-refractivity contribution < 1.29 is 18.7 Å². The molecule has 7 heteroatoms. The Morgan fingerprint density at radius 3 is 2.31 bits per heavy atom. The first-order chi connectivity index (χ1) is 14.3. The molecule has 0 radical (unpaired) electrons. The summed E-state index contributed by atoms with van der Waals surface area (Å²) in [5.74, 6) is 2.37. The van der Waals surface area contributed by atoms with Crippen molar-refractivity contribution in [3.63, 3.8) is 0 Å². The molecule has 2 heterocycles. The van der Waals surface area contributed by atoms with Gasteiger partial charge in [0, 0.05) is 29.9 Å². The third kappa shape index (κ3) is 4.35. The summed E-state index contributed by atoms with van der Waals surface area (Å²) in [7, 11) is 0. The van der Waals surface area contributed by atoms with Crippen molar-refractivity contribution in [2.75, 3.05) is 44.4 Å². The molecule has 1 aliphatic heterocycles. The Morgan fingerprint density at radius 2 is 1.59 bits per heavy atom. The molecule has 0 amide bonds. The van der Waals surface area contributed by atoms with Crippen LogP contribution in [-0.2, 0) is 4.74 Å². The Labute approximate surface area is 170 Å². The second-order valence-electron chi connectivity index (χ2n) is 6.60. The van der Waals surface area contributed by atoms with Gasteiger partial charge < -0.3 is 23.6 Å². The zero-order valence-electron chi connectivity index (χ0n) is 16.8. The smallest absolute Gasteiger partial charge is 0.258 e. The molecule has 7 nitrogen and oxygen atoms in total. The molecule has 0 unspecified atom stereocenters. The molecule has 152 valence electrons. The van der Waals surface area contributed by atoms with Crippen molar-refractivity contribution in [3.05, 3.63) is 42.5 Å². The highest BCUT2D eigenvalue weighted by atomic mass is 16.5. The molecule has 0 bridgehead atoms. The van der Waals surface area contributed by atoms with Gasteiger partial charge in [0.1, 0.15) is 0 Å². The van der Waals surface area contributed by atoms with Crippen molar-refractivity contribution in [1.29, 1.82) is 0 Å². The Morgan fingerprint density at radius 1 is 0.897 bits per heavy atom. The maximum Gasteiger partial charge on any atom is 0.258 e. The second-order valence-corrected chi connectivity index (χ2v) is 6.60. The summed E-state index contributed by atoms with van der Waals surface area (Å²) in [4.78, 5) is 6.87. The van der Waals surface area contributed by atoms with E-state index in [0.29, 0.717) is 36.4 Å². The Bertz CT molecular complexity index is 933. The molecule has 1 fully saturated rings. The van der Waals surface area contributed by atoms with E-state index in [4.69, 9.17) is 18.7 Å². The molecule has 0 saturated carbocycles. The van der Waals surface area contributed by atoms with E-state index in [-0.39, 0.29) is 0 Å². The lowest BCUT2D eigenvalue weighted by Gasteiger charge is -2.28. The van der Waals surface area contributed by atoms with E-state index in [1.807, 2.05) is 44.2 Å². The maximum atomic E-state index is 5.69.